The van der Waals surface area contributed by atoms with E-state index in [1.165, 1.54) is 0 Å². The number of nitrogens with two attached hydrogens (primary N) is 1. The van der Waals surface area contributed by atoms with Gasteiger partial charge in [-0.25, -0.2) is 4.98 Å². The topological polar surface area (TPSA) is 119 Å². The van der Waals surface area contributed by atoms with Gasteiger partial charge in [0.15, 0.2) is 5.52 Å². The van der Waals surface area contributed by atoms with Crippen LogP contribution in [0.1, 0.15) is 13.8 Å². The smallest absolute Gasteiger partial charge is 0.312 e. The lowest BCUT2D eigenvalue weighted by Crippen LogP contribution is -2.28. The van der Waals surface area contributed by atoms with E-state index in [4.69, 9.17) is 5.73 Å². The molecule has 25 heavy (non-hydrogen) atoms. The number of halogens is 3. The van der Waals surface area contributed by atoms with E-state index in [2.05, 4.69) is 42.2 Å². The Labute approximate surface area is 168 Å². The van der Waals surface area contributed by atoms with E-state index >= 15 is 0 Å². The van der Waals surface area contributed by atoms with Gasteiger partial charge in [0.05, 0.1) is 16.5 Å². The number of aromatic nitrogens is 2. The van der Waals surface area contributed by atoms with Gasteiger partial charge in [0.1, 0.15) is 4.47 Å². The van der Waals surface area contributed by atoms with Gasteiger partial charge >= 0.3 is 5.69 Å². The molecule has 0 saturated carbocycles. The maximum Gasteiger partial charge on any atom is 0.312 e. The molecule has 0 aliphatic rings. The average Bonchev–Trinajstić information content (AvgIpc) is 2.82. The Morgan fingerprint density at radius 3 is 2.64 bits per heavy atom. The fourth-order valence-corrected chi connectivity index (χ4v) is 3.18. The first kappa shape index (κ1) is 22.1. The first-order valence-electron chi connectivity index (χ1n) is 7.40. The van der Waals surface area contributed by atoms with Crippen LogP contribution in [-0.4, -0.2) is 38.8 Å². The minimum atomic E-state index is -0.717. The van der Waals surface area contributed by atoms with E-state index < -0.39 is 11.0 Å². The second kappa shape index (κ2) is 9.13. The highest BCUT2D eigenvalue weighted by molar-refractivity contribution is 9.13. The lowest BCUT2D eigenvalue weighted by molar-refractivity contribution is -0.384. The van der Waals surface area contributed by atoms with Crippen molar-refractivity contribution in [1.29, 1.82) is 0 Å². The van der Waals surface area contributed by atoms with E-state index in [1.807, 2.05) is 18.4 Å². The highest BCUT2D eigenvalue weighted by atomic mass is 79.9. The van der Waals surface area contributed by atoms with Crippen LogP contribution in [0.5, 0.6) is 0 Å². The summed E-state index contributed by atoms with van der Waals surface area (Å²) in [6, 6.07) is 1.80. The van der Waals surface area contributed by atoms with E-state index in [9.17, 15) is 15.2 Å². The van der Waals surface area contributed by atoms with Crippen molar-refractivity contribution in [3.8, 4) is 0 Å². The molecule has 2 aromatic rings. The number of nitrogens with one attached hydrogen (secondary N) is 1. The van der Waals surface area contributed by atoms with Crippen molar-refractivity contribution in [3.05, 3.63) is 25.1 Å². The number of nitrogens with zero attached hydrogens (tertiary/aromatic N) is 3. The van der Waals surface area contributed by atoms with Crippen molar-refractivity contribution < 1.29 is 10.0 Å². The van der Waals surface area contributed by atoms with Gasteiger partial charge in [-0.05, 0) is 43.8 Å². The summed E-state index contributed by atoms with van der Waals surface area (Å²) < 4.78 is 2.82. The average molecular weight is 502 g/mol. The van der Waals surface area contributed by atoms with Crippen molar-refractivity contribution in [3.63, 3.8) is 0 Å². The molecule has 0 bridgehead atoms. The van der Waals surface area contributed by atoms with Crippen molar-refractivity contribution >= 4 is 66.9 Å². The molecule has 0 saturated heterocycles. The zero-order valence-corrected chi connectivity index (χ0v) is 17.7. The van der Waals surface area contributed by atoms with Gasteiger partial charge in [-0.1, -0.05) is 13.8 Å². The van der Waals surface area contributed by atoms with Crippen molar-refractivity contribution in [1.82, 2.24) is 9.55 Å². The molecule has 0 spiro atoms. The summed E-state index contributed by atoms with van der Waals surface area (Å²) in [6.45, 7) is 5.06. The molecular weight excluding hydrogens is 481 g/mol. The number of imidazole rings is 1. The minimum absolute atomic E-state index is 0. The lowest BCUT2D eigenvalue weighted by Gasteiger charge is -2.14. The van der Waals surface area contributed by atoms with Crippen LogP contribution in [0.4, 0.5) is 11.6 Å². The predicted octanol–water partition coefficient (Wildman–Crippen LogP) is 3.28. The molecule has 0 aliphatic carbocycles. The Morgan fingerprint density at radius 2 is 2.12 bits per heavy atom. The van der Waals surface area contributed by atoms with Gasteiger partial charge in [-0.3, -0.25) is 10.1 Å². The summed E-state index contributed by atoms with van der Waals surface area (Å²) in [7, 11) is 0. The third-order valence-corrected chi connectivity index (χ3v) is 5.37. The number of aliphatic hydroxyl groups is 1. The molecule has 2 rings (SSSR count). The van der Waals surface area contributed by atoms with Gasteiger partial charge < -0.3 is 20.7 Å². The van der Waals surface area contributed by atoms with E-state index in [0.29, 0.717) is 38.4 Å². The Kier molecular flexibility index (Phi) is 8.07. The number of nitro groups is 1. The second-order valence-electron chi connectivity index (χ2n) is 5.86. The molecule has 0 amide bonds. The lowest BCUT2D eigenvalue weighted by atomic mass is 10.2. The summed E-state index contributed by atoms with van der Waals surface area (Å²) in [5, 5.41) is 24.2. The van der Waals surface area contributed by atoms with Crippen LogP contribution in [0.3, 0.4) is 0 Å². The van der Waals surface area contributed by atoms with Crippen LogP contribution in [0, 0.1) is 16.0 Å². The maximum atomic E-state index is 11.5. The van der Waals surface area contributed by atoms with Crippen LogP contribution < -0.4 is 11.1 Å². The number of rotatable bonds is 7. The second-order valence-corrected chi connectivity index (χ2v) is 7.50. The number of aliphatic hydroxyl groups excluding tert-OH is 1. The predicted molar refractivity (Wildman–Crippen MR) is 107 cm³/mol. The summed E-state index contributed by atoms with van der Waals surface area (Å²) in [6.07, 6.45) is -0.717. The van der Waals surface area contributed by atoms with Crippen molar-refractivity contribution in [2.45, 2.75) is 26.5 Å². The fraction of sp³-hybridized carbons (Fsp3) is 0.500. The number of nitro benzene ring substituents is 1. The molecule has 11 heteroatoms. The van der Waals surface area contributed by atoms with Crippen molar-refractivity contribution in [2.24, 2.45) is 11.7 Å². The maximum absolute atomic E-state index is 11.5. The summed E-state index contributed by atoms with van der Waals surface area (Å²) in [4.78, 5) is 15.4. The van der Waals surface area contributed by atoms with Crippen LogP contribution in [0.15, 0.2) is 15.0 Å². The normalized spacial score (nSPS) is 12.3. The highest BCUT2D eigenvalue weighted by Gasteiger charge is 2.26. The molecule has 0 fully saturated rings. The van der Waals surface area contributed by atoms with E-state index in [0.717, 1.165) is 0 Å². The van der Waals surface area contributed by atoms with Gasteiger partial charge in [-0.15, -0.1) is 12.4 Å². The fourth-order valence-electron chi connectivity index (χ4n) is 2.33. The zero-order valence-electron chi connectivity index (χ0n) is 13.7. The van der Waals surface area contributed by atoms with Crippen LogP contribution in [0.2, 0.25) is 0 Å². The molecule has 1 aromatic carbocycles. The van der Waals surface area contributed by atoms with E-state index in [1.54, 1.807) is 6.07 Å². The van der Waals surface area contributed by atoms with Gasteiger partial charge in [0.2, 0.25) is 5.95 Å². The minimum Gasteiger partial charge on any atom is -0.390 e. The molecule has 1 aromatic heterocycles. The third kappa shape index (κ3) is 4.82. The number of anilines is 1. The highest BCUT2D eigenvalue weighted by Crippen LogP contribution is 2.40. The zero-order chi connectivity index (χ0) is 18.0. The Bertz CT molecular complexity index is 769. The summed E-state index contributed by atoms with van der Waals surface area (Å²) >= 11 is 6.59. The molecule has 1 atom stereocenters. The first-order valence-corrected chi connectivity index (χ1v) is 8.99. The molecule has 0 radical (unpaired) electrons. The summed E-state index contributed by atoms with van der Waals surface area (Å²) in [5.74, 6) is 0.781. The quantitative estimate of drug-likeness (QED) is 0.396. The number of hydrogen-bond donors (Lipinski definition) is 3. The SMILES string of the molecule is CC(C)Cn1c(NCC(O)CN)nc2c([N+](=O)[O-])c(Br)c(Br)cc21.Cl. The number of benzene rings is 1. The molecule has 140 valence electrons. The monoisotopic (exact) mass is 499 g/mol. The van der Waals surface area contributed by atoms with Gasteiger partial charge in [-0.2, -0.15) is 0 Å². The van der Waals surface area contributed by atoms with Gasteiger partial charge in [0.25, 0.3) is 0 Å². The summed E-state index contributed by atoms with van der Waals surface area (Å²) in [5.41, 5.74) is 6.26. The van der Waals surface area contributed by atoms with Crippen LogP contribution >= 0.6 is 44.3 Å². The van der Waals surface area contributed by atoms with Crippen LogP contribution in [0.25, 0.3) is 11.0 Å². The molecular formula is C14H20Br2ClN5O3. The van der Waals surface area contributed by atoms with Gasteiger partial charge in [0, 0.05) is 24.1 Å². The van der Waals surface area contributed by atoms with E-state index in [-0.39, 0.29) is 31.2 Å². The van der Waals surface area contributed by atoms with Crippen LogP contribution in [-0.2, 0) is 6.54 Å². The largest absolute Gasteiger partial charge is 0.390 e. The first-order chi connectivity index (χ1) is 11.3. The van der Waals surface area contributed by atoms with Crippen molar-refractivity contribution in [2.75, 3.05) is 18.4 Å². The molecule has 4 N–H and O–H groups in total. The molecule has 1 unspecified atom stereocenters. The third-order valence-electron chi connectivity index (χ3n) is 3.41. The molecule has 1 heterocycles. The standard InChI is InChI=1S/C14H19Br2N5O3.ClH/c1-7(2)6-20-10-3-9(15)11(16)13(21(23)24)12(10)19-14(20)18-5-8(22)4-17;/h3,7-8,22H,4-6,17H2,1-2H3,(H,18,19);1H. The Morgan fingerprint density at radius 1 is 1.48 bits per heavy atom. The molecule has 8 nitrogen and oxygen atoms in total. The number of hydrogen-bond acceptors (Lipinski definition) is 6. The Hall–Kier alpha value is -0.940. The molecule has 0 aliphatic heterocycles. The Balaban J connectivity index is 0.00000312. The number of fused-ring (bicyclic) bond motifs is 1.